The largest absolute Gasteiger partial charge is 0.496 e. The molecule has 2 rings (SSSR count). The standard InChI is InChI=1S/C15H20BrNO2/c1-10-4-5-14(19-3)12(8-10)15(18)17-7-6-13(16)11(2)9-17/h4-5,8,11,13H,6-7,9H2,1-3H3. The number of aryl methyl sites for hydroxylation is 1. The van der Waals surface area contributed by atoms with E-state index >= 15 is 0 Å². The molecule has 2 atom stereocenters. The van der Waals surface area contributed by atoms with Gasteiger partial charge < -0.3 is 9.64 Å². The van der Waals surface area contributed by atoms with Crippen LogP contribution in [-0.2, 0) is 0 Å². The molecular weight excluding hydrogens is 306 g/mol. The van der Waals surface area contributed by atoms with Crippen molar-refractivity contribution in [2.45, 2.75) is 25.1 Å². The molecule has 2 unspecified atom stereocenters. The Morgan fingerprint density at radius 2 is 2.21 bits per heavy atom. The fourth-order valence-corrected chi connectivity index (χ4v) is 2.83. The number of hydrogen-bond acceptors (Lipinski definition) is 2. The molecule has 1 aliphatic rings. The van der Waals surface area contributed by atoms with Crippen LogP contribution in [0.5, 0.6) is 5.75 Å². The summed E-state index contributed by atoms with van der Waals surface area (Å²) < 4.78 is 5.30. The second-order valence-electron chi connectivity index (χ2n) is 5.24. The number of nitrogens with zero attached hydrogens (tertiary/aromatic N) is 1. The van der Waals surface area contributed by atoms with Gasteiger partial charge in [-0.15, -0.1) is 0 Å². The Morgan fingerprint density at radius 1 is 1.47 bits per heavy atom. The van der Waals surface area contributed by atoms with E-state index in [0.717, 1.165) is 25.1 Å². The Labute approximate surface area is 123 Å². The number of rotatable bonds is 2. The number of alkyl halides is 1. The summed E-state index contributed by atoms with van der Waals surface area (Å²) in [7, 11) is 1.61. The third-order valence-electron chi connectivity index (χ3n) is 3.67. The Bertz CT molecular complexity index is 475. The fourth-order valence-electron chi connectivity index (χ4n) is 2.46. The van der Waals surface area contributed by atoms with Gasteiger partial charge in [-0.3, -0.25) is 4.79 Å². The Hall–Kier alpha value is -1.03. The number of likely N-dealkylation sites (tertiary alicyclic amines) is 1. The first kappa shape index (κ1) is 14.4. The molecule has 0 aliphatic carbocycles. The van der Waals surface area contributed by atoms with Crippen molar-refractivity contribution >= 4 is 21.8 Å². The highest BCUT2D eigenvalue weighted by Gasteiger charge is 2.28. The van der Waals surface area contributed by atoms with E-state index in [0.29, 0.717) is 22.1 Å². The Kier molecular flexibility index (Phi) is 4.50. The van der Waals surface area contributed by atoms with E-state index in [-0.39, 0.29) is 5.91 Å². The van der Waals surface area contributed by atoms with Gasteiger partial charge in [-0.25, -0.2) is 0 Å². The van der Waals surface area contributed by atoms with Crippen molar-refractivity contribution in [1.29, 1.82) is 0 Å². The number of hydrogen-bond donors (Lipinski definition) is 0. The molecule has 1 heterocycles. The number of methoxy groups -OCH3 is 1. The van der Waals surface area contributed by atoms with Crippen LogP contribution in [0, 0.1) is 12.8 Å². The third kappa shape index (κ3) is 3.11. The molecule has 104 valence electrons. The van der Waals surface area contributed by atoms with E-state index in [2.05, 4.69) is 22.9 Å². The minimum atomic E-state index is 0.0757. The van der Waals surface area contributed by atoms with Crippen molar-refractivity contribution in [3.8, 4) is 5.75 Å². The van der Waals surface area contributed by atoms with Crippen LogP contribution in [0.25, 0.3) is 0 Å². The maximum Gasteiger partial charge on any atom is 0.257 e. The van der Waals surface area contributed by atoms with Crippen molar-refractivity contribution in [2.75, 3.05) is 20.2 Å². The lowest BCUT2D eigenvalue weighted by Gasteiger charge is -2.34. The zero-order chi connectivity index (χ0) is 14.0. The van der Waals surface area contributed by atoms with E-state index in [1.807, 2.05) is 30.0 Å². The molecule has 0 bridgehead atoms. The normalized spacial score (nSPS) is 23.3. The van der Waals surface area contributed by atoms with E-state index in [9.17, 15) is 4.79 Å². The molecule has 1 aromatic rings. The van der Waals surface area contributed by atoms with Gasteiger partial charge in [-0.2, -0.15) is 0 Å². The highest BCUT2D eigenvalue weighted by atomic mass is 79.9. The second-order valence-corrected chi connectivity index (χ2v) is 6.41. The number of carbonyl (C=O) groups excluding carboxylic acids is 1. The number of benzene rings is 1. The summed E-state index contributed by atoms with van der Waals surface area (Å²) in [5.41, 5.74) is 1.75. The average molecular weight is 326 g/mol. The Morgan fingerprint density at radius 3 is 2.84 bits per heavy atom. The summed E-state index contributed by atoms with van der Waals surface area (Å²) in [6, 6.07) is 5.73. The van der Waals surface area contributed by atoms with Gasteiger partial charge in [-0.05, 0) is 31.4 Å². The number of piperidine rings is 1. The molecule has 4 heteroatoms. The SMILES string of the molecule is COc1ccc(C)cc1C(=O)N1CCC(Br)C(C)C1. The van der Waals surface area contributed by atoms with Crippen molar-refractivity contribution < 1.29 is 9.53 Å². The van der Waals surface area contributed by atoms with Crippen LogP contribution in [-0.4, -0.2) is 35.8 Å². The van der Waals surface area contributed by atoms with E-state index in [4.69, 9.17) is 4.74 Å². The topological polar surface area (TPSA) is 29.5 Å². The van der Waals surface area contributed by atoms with Gasteiger partial charge in [-0.1, -0.05) is 34.5 Å². The van der Waals surface area contributed by atoms with Gasteiger partial charge in [0.15, 0.2) is 0 Å². The molecule has 0 radical (unpaired) electrons. The van der Waals surface area contributed by atoms with Gasteiger partial charge in [0.2, 0.25) is 0 Å². The quantitative estimate of drug-likeness (QED) is 0.781. The summed E-state index contributed by atoms with van der Waals surface area (Å²) in [4.78, 5) is 15.1. The van der Waals surface area contributed by atoms with Gasteiger partial charge in [0.05, 0.1) is 12.7 Å². The van der Waals surface area contributed by atoms with E-state index in [1.54, 1.807) is 7.11 Å². The molecule has 1 amide bonds. The van der Waals surface area contributed by atoms with Crippen LogP contribution in [0.4, 0.5) is 0 Å². The van der Waals surface area contributed by atoms with Gasteiger partial charge in [0, 0.05) is 17.9 Å². The Balaban J connectivity index is 2.22. The number of ether oxygens (including phenoxy) is 1. The second kappa shape index (κ2) is 5.95. The molecule has 0 aromatic heterocycles. The predicted molar refractivity (Wildman–Crippen MR) is 80.1 cm³/mol. The van der Waals surface area contributed by atoms with Crippen LogP contribution in [0.1, 0.15) is 29.3 Å². The smallest absolute Gasteiger partial charge is 0.257 e. The molecule has 0 spiro atoms. The minimum absolute atomic E-state index is 0.0757. The molecular formula is C15H20BrNO2. The van der Waals surface area contributed by atoms with Crippen molar-refractivity contribution in [3.05, 3.63) is 29.3 Å². The fraction of sp³-hybridized carbons (Fsp3) is 0.533. The third-order valence-corrected chi connectivity index (χ3v) is 5.03. The van der Waals surface area contributed by atoms with E-state index in [1.165, 1.54) is 0 Å². The molecule has 0 N–H and O–H groups in total. The zero-order valence-corrected chi connectivity index (χ0v) is 13.2. The number of carbonyl (C=O) groups is 1. The first-order valence-corrected chi connectivity index (χ1v) is 7.52. The summed E-state index contributed by atoms with van der Waals surface area (Å²) in [5, 5.41) is 0. The molecule has 0 saturated carbocycles. The number of halogens is 1. The molecule has 1 aliphatic heterocycles. The molecule has 1 saturated heterocycles. The first-order chi connectivity index (χ1) is 9.02. The molecule has 1 fully saturated rings. The zero-order valence-electron chi connectivity index (χ0n) is 11.6. The van der Waals surface area contributed by atoms with E-state index < -0.39 is 0 Å². The highest BCUT2D eigenvalue weighted by molar-refractivity contribution is 9.09. The monoisotopic (exact) mass is 325 g/mol. The lowest BCUT2D eigenvalue weighted by molar-refractivity contribution is 0.0687. The highest BCUT2D eigenvalue weighted by Crippen LogP contribution is 2.27. The van der Waals surface area contributed by atoms with Gasteiger partial charge >= 0.3 is 0 Å². The van der Waals surface area contributed by atoms with Crippen LogP contribution >= 0.6 is 15.9 Å². The molecule has 3 nitrogen and oxygen atoms in total. The lowest BCUT2D eigenvalue weighted by atomic mass is 9.99. The maximum absolute atomic E-state index is 12.6. The molecule has 19 heavy (non-hydrogen) atoms. The summed E-state index contributed by atoms with van der Waals surface area (Å²) >= 11 is 3.66. The summed E-state index contributed by atoms with van der Waals surface area (Å²) in [6.07, 6.45) is 1.00. The van der Waals surface area contributed by atoms with Crippen molar-refractivity contribution in [3.63, 3.8) is 0 Å². The first-order valence-electron chi connectivity index (χ1n) is 6.61. The lowest BCUT2D eigenvalue weighted by Crippen LogP contribution is -2.43. The number of amides is 1. The van der Waals surface area contributed by atoms with Gasteiger partial charge in [0.1, 0.15) is 5.75 Å². The van der Waals surface area contributed by atoms with Crippen LogP contribution in [0.3, 0.4) is 0 Å². The van der Waals surface area contributed by atoms with Crippen LogP contribution < -0.4 is 4.74 Å². The van der Waals surface area contributed by atoms with Crippen LogP contribution in [0.2, 0.25) is 0 Å². The molecule has 1 aromatic carbocycles. The summed E-state index contributed by atoms with van der Waals surface area (Å²) in [6.45, 7) is 5.76. The summed E-state index contributed by atoms with van der Waals surface area (Å²) in [5.74, 6) is 1.21. The average Bonchev–Trinajstić information content (AvgIpc) is 2.41. The van der Waals surface area contributed by atoms with Crippen molar-refractivity contribution in [2.24, 2.45) is 5.92 Å². The predicted octanol–water partition coefficient (Wildman–Crippen LogP) is 3.25. The minimum Gasteiger partial charge on any atom is -0.496 e. The van der Waals surface area contributed by atoms with Crippen molar-refractivity contribution in [1.82, 2.24) is 4.90 Å². The van der Waals surface area contributed by atoms with Crippen LogP contribution in [0.15, 0.2) is 18.2 Å². The van der Waals surface area contributed by atoms with Gasteiger partial charge in [0.25, 0.3) is 5.91 Å². The maximum atomic E-state index is 12.6.